The molecule has 1 aliphatic heterocycles. The fourth-order valence-electron chi connectivity index (χ4n) is 3.21. The van der Waals surface area contributed by atoms with E-state index in [0.717, 1.165) is 24.0 Å². The van der Waals surface area contributed by atoms with Crippen molar-refractivity contribution in [2.24, 2.45) is 0 Å². The number of likely N-dealkylation sites (tertiary alicyclic amines) is 1. The Morgan fingerprint density at radius 2 is 2.12 bits per heavy atom. The predicted octanol–water partition coefficient (Wildman–Crippen LogP) is 3.41. The molecular formula is C20H23N3O3. The molecule has 1 saturated heterocycles. The third kappa shape index (κ3) is 4.02. The second-order valence-corrected chi connectivity index (χ2v) is 6.39. The quantitative estimate of drug-likeness (QED) is 0.836. The maximum absolute atomic E-state index is 12.8. The molecule has 1 aliphatic rings. The summed E-state index contributed by atoms with van der Waals surface area (Å²) in [5.41, 5.74) is 2.00. The van der Waals surface area contributed by atoms with Crippen LogP contribution in [0.15, 0.2) is 47.0 Å². The van der Waals surface area contributed by atoms with Crippen molar-refractivity contribution in [2.45, 2.75) is 39.2 Å². The first kappa shape index (κ1) is 17.9. The lowest BCUT2D eigenvalue weighted by Crippen LogP contribution is -2.42. The molecule has 2 amide bonds. The number of carbonyl (C=O) groups is 2. The van der Waals surface area contributed by atoms with Gasteiger partial charge in [-0.2, -0.15) is 0 Å². The molecule has 6 heteroatoms. The Hall–Kier alpha value is -2.89. The van der Waals surface area contributed by atoms with E-state index in [1.54, 1.807) is 24.0 Å². The number of aromatic nitrogens is 1. The van der Waals surface area contributed by atoms with Crippen molar-refractivity contribution in [2.75, 3.05) is 11.9 Å². The number of amides is 2. The molecule has 1 atom stereocenters. The van der Waals surface area contributed by atoms with Gasteiger partial charge in [0.1, 0.15) is 11.8 Å². The van der Waals surface area contributed by atoms with Crippen molar-refractivity contribution in [3.8, 4) is 0 Å². The number of hydrogen-bond donors (Lipinski definition) is 1. The summed E-state index contributed by atoms with van der Waals surface area (Å²) in [4.78, 5) is 27.0. The first-order valence-electron chi connectivity index (χ1n) is 8.89. The van der Waals surface area contributed by atoms with Crippen molar-refractivity contribution >= 4 is 23.2 Å². The molecule has 2 heterocycles. The van der Waals surface area contributed by atoms with Crippen LogP contribution in [0.3, 0.4) is 0 Å². The third-order valence-electron chi connectivity index (χ3n) is 4.54. The molecule has 6 nitrogen and oxygen atoms in total. The molecule has 0 aliphatic carbocycles. The maximum Gasteiger partial charge on any atom is 0.248 e. The second kappa shape index (κ2) is 7.99. The van der Waals surface area contributed by atoms with Crippen LogP contribution in [-0.4, -0.2) is 34.5 Å². The molecule has 0 saturated carbocycles. The third-order valence-corrected chi connectivity index (χ3v) is 4.54. The Bertz CT molecular complexity index is 811. The zero-order valence-electron chi connectivity index (χ0n) is 15.1. The van der Waals surface area contributed by atoms with Crippen LogP contribution < -0.4 is 5.32 Å². The van der Waals surface area contributed by atoms with Gasteiger partial charge >= 0.3 is 0 Å². The van der Waals surface area contributed by atoms with Crippen molar-refractivity contribution in [1.82, 2.24) is 10.1 Å². The fourth-order valence-corrected chi connectivity index (χ4v) is 3.21. The summed E-state index contributed by atoms with van der Waals surface area (Å²) in [6.07, 6.45) is 3.86. The first-order valence-corrected chi connectivity index (χ1v) is 8.89. The van der Waals surface area contributed by atoms with E-state index in [-0.39, 0.29) is 11.8 Å². The van der Waals surface area contributed by atoms with Crippen LogP contribution in [0.4, 0.5) is 5.82 Å². The molecule has 1 fully saturated rings. The van der Waals surface area contributed by atoms with Gasteiger partial charge in [0, 0.05) is 18.7 Å². The summed E-state index contributed by atoms with van der Waals surface area (Å²) in [5.74, 6) is 0.647. The highest BCUT2D eigenvalue weighted by Crippen LogP contribution is 2.23. The Balaban J connectivity index is 1.73. The number of carbonyl (C=O) groups excluding carboxylic acids is 2. The number of nitrogens with zero attached hydrogens (tertiary/aromatic N) is 2. The van der Waals surface area contributed by atoms with E-state index in [1.165, 1.54) is 0 Å². The first-order chi connectivity index (χ1) is 12.6. The number of hydrogen-bond acceptors (Lipinski definition) is 4. The van der Waals surface area contributed by atoms with Crippen LogP contribution in [0.5, 0.6) is 0 Å². The standard InChI is InChI=1S/C20H23N3O3/c1-3-15(16-8-5-4-6-9-16)13-19(24)23-11-7-10-17(23)20(25)21-18-12-14(2)26-22-18/h4-6,8-9,12-13,17H,3,7,10-11H2,1-2H3,(H,21,22,25)/b15-13+/t17-/m0/s1. The largest absolute Gasteiger partial charge is 0.360 e. The number of nitrogens with one attached hydrogen (secondary N) is 1. The van der Waals surface area contributed by atoms with Gasteiger partial charge in [-0.05, 0) is 37.3 Å². The topological polar surface area (TPSA) is 75.4 Å². The molecule has 0 spiro atoms. The molecule has 26 heavy (non-hydrogen) atoms. The van der Waals surface area contributed by atoms with E-state index < -0.39 is 6.04 Å². The highest BCUT2D eigenvalue weighted by Gasteiger charge is 2.33. The van der Waals surface area contributed by atoms with Gasteiger partial charge < -0.3 is 14.7 Å². The minimum Gasteiger partial charge on any atom is -0.360 e. The highest BCUT2D eigenvalue weighted by atomic mass is 16.5. The fraction of sp³-hybridized carbons (Fsp3) is 0.350. The zero-order valence-corrected chi connectivity index (χ0v) is 15.1. The van der Waals surface area contributed by atoms with E-state index in [4.69, 9.17) is 4.52 Å². The van der Waals surface area contributed by atoms with E-state index in [0.29, 0.717) is 24.5 Å². The Labute approximate surface area is 152 Å². The molecule has 3 rings (SSSR count). The maximum atomic E-state index is 12.8. The molecule has 0 radical (unpaired) electrons. The highest BCUT2D eigenvalue weighted by molar-refractivity contribution is 6.01. The van der Waals surface area contributed by atoms with E-state index >= 15 is 0 Å². The van der Waals surface area contributed by atoms with E-state index in [9.17, 15) is 9.59 Å². The lowest BCUT2D eigenvalue weighted by molar-refractivity contribution is -0.132. The monoisotopic (exact) mass is 353 g/mol. The Kier molecular flexibility index (Phi) is 5.51. The van der Waals surface area contributed by atoms with Gasteiger partial charge in [0.2, 0.25) is 11.8 Å². The minimum atomic E-state index is -0.482. The molecular weight excluding hydrogens is 330 g/mol. The summed E-state index contributed by atoms with van der Waals surface area (Å²) in [7, 11) is 0. The van der Waals surface area contributed by atoms with Gasteiger partial charge in [-0.3, -0.25) is 9.59 Å². The van der Waals surface area contributed by atoms with Crippen LogP contribution in [0.2, 0.25) is 0 Å². The van der Waals surface area contributed by atoms with Crippen molar-refractivity contribution in [3.63, 3.8) is 0 Å². The van der Waals surface area contributed by atoms with Gasteiger partial charge in [0.15, 0.2) is 5.82 Å². The van der Waals surface area contributed by atoms with Gasteiger partial charge in [-0.15, -0.1) is 0 Å². The number of aryl methyl sites for hydroxylation is 1. The average Bonchev–Trinajstić information content (AvgIpc) is 3.29. The minimum absolute atomic E-state index is 0.125. The molecule has 0 unspecified atom stereocenters. The summed E-state index contributed by atoms with van der Waals surface area (Å²) in [6.45, 7) is 4.36. The van der Waals surface area contributed by atoms with Crippen LogP contribution in [0, 0.1) is 6.92 Å². The lowest BCUT2D eigenvalue weighted by atomic mass is 10.0. The number of benzene rings is 1. The van der Waals surface area contributed by atoms with Crippen molar-refractivity contribution in [1.29, 1.82) is 0 Å². The number of allylic oxidation sites excluding steroid dienone is 1. The normalized spacial score (nSPS) is 17.4. The summed E-state index contributed by atoms with van der Waals surface area (Å²) in [6, 6.07) is 11.0. The Morgan fingerprint density at radius 3 is 2.77 bits per heavy atom. The van der Waals surface area contributed by atoms with Gasteiger partial charge in [-0.25, -0.2) is 0 Å². The van der Waals surface area contributed by atoms with E-state index in [2.05, 4.69) is 10.5 Å². The molecule has 1 N–H and O–H groups in total. The molecule has 2 aromatic rings. The van der Waals surface area contributed by atoms with Crippen LogP contribution in [-0.2, 0) is 9.59 Å². The molecule has 136 valence electrons. The second-order valence-electron chi connectivity index (χ2n) is 6.39. The number of rotatable bonds is 5. The van der Waals surface area contributed by atoms with Crippen molar-refractivity contribution in [3.05, 3.63) is 53.8 Å². The smallest absolute Gasteiger partial charge is 0.248 e. The van der Waals surface area contributed by atoms with Gasteiger partial charge in [-0.1, -0.05) is 42.4 Å². The van der Waals surface area contributed by atoms with Crippen molar-refractivity contribution < 1.29 is 14.1 Å². The summed E-state index contributed by atoms with van der Waals surface area (Å²) in [5, 5.41) is 6.51. The van der Waals surface area contributed by atoms with Crippen LogP contribution in [0.25, 0.3) is 5.57 Å². The average molecular weight is 353 g/mol. The predicted molar refractivity (Wildman–Crippen MR) is 99.3 cm³/mol. The number of anilines is 1. The SMILES string of the molecule is CC/C(=C\C(=O)N1CCC[C@H]1C(=O)Nc1cc(C)on1)c1ccccc1. The van der Waals surface area contributed by atoms with Gasteiger partial charge in [0.25, 0.3) is 0 Å². The zero-order chi connectivity index (χ0) is 18.5. The van der Waals surface area contributed by atoms with E-state index in [1.807, 2.05) is 37.3 Å². The summed E-state index contributed by atoms with van der Waals surface area (Å²) < 4.78 is 4.96. The lowest BCUT2D eigenvalue weighted by Gasteiger charge is -2.22. The molecule has 1 aromatic carbocycles. The Morgan fingerprint density at radius 1 is 1.35 bits per heavy atom. The van der Waals surface area contributed by atoms with Crippen LogP contribution >= 0.6 is 0 Å². The summed E-state index contributed by atoms with van der Waals surface area (Å²) >= 11 is 0. The van der Waals surface area contributed by atoms with Gasteiger partial charge in [0.05, 0.1) is 0 Å². The molecule has 0 bridgehead atoms. The van der Waals surface area contributed by atoms with Crippen LogP contribution in [0.1, 0.15) is 37.5 Å². The molecule has 1 aromatic heterocycles.